The van der Waals surface area contributed by atoms with Crippen molar-refractivity contribution < 1.29 is 19.1 Å². The number of rotatable bonds is 8. The molecule has 0 spiro atoms. The van der Waals surface area contributed by atoms with Gasteiger partial charge in [-0.2, -0.15) is 0 Å². The Bertz CT molecular complexity index is 767. The first-order valence-electron chi connectivity index (χ1n) is 8.03. The number of benzene rings is 2. The molecule has 0 aliphatic carbocycles. The minimum absolute atomic E-state index is 0.159. The quantitative estimate of drug-likeness (QED) is 0.717. The SMILES string of the molecule is COC(=O)c1cccc(OCCN(C)CC(=O)Nc2ccccc2Cl)c1. The third-order valence-electron chi connectivity index (χ3n) is 3.56. The Morgan fingerprint density at radius 3 is 2.65 bits per heavy atom. The van der Waals surface area contributed by atoms with Crippen LogP contribution in [0.15, 0.2) is 48.5 Å². The zero-order valence-corrected chi connectivity index (χ0v) is 15.5. The van der Waals surface area contributed by atoms with Crippen molar-refractivity contribution in [2.24, 2.45) is 0 Å². The summed E-state index contributed by atoms with van der Waals surface area (Å²) in [5.41, 5.74) is 1.01. The van der Waals surface area contributed by atoms with E-state index in [0.717, 1.165) is 0 Å². The summed E-state index contributed by atoms with van der Waals surface area (Å²) in [6.45, 7) is 1.12. The largest absolute Gasteiger partial charge is 0.492 e. The van der Waals surface area contributed by atoms with E-state index < -0.39 is 5.97 Å². The number of anilines is 1. The Hall–Kier alpha value is -2.57. The topological polar surface area (TPSA) is 67.9 Å². The van der Waals surface area contributed by atoms with Gasteiger partial charge in [0.2, 0.25) is 5.91 Å². The Morgan fingerprint density at radius 2 is 1.92 bits per heavy atom. The van der Waals surface area contributed by atoms with Crippen LogP contribution in [0.5, 0.6) is 5.75 Å². The number of ether oxygens (including phenoxy) is 2. The summed E-state index contributed by atoms with van der Waals surface area (Å²) < 4.78 is 10.3. The first-order chi connectivity index (χ1) is 12.5. The molecule has 0 saturated carbocycles. The number of para-hydroxylation sites is 1. The van der Waals surface area contributed by atoms with Crippen molar-refractivity contribution in [3.63, 3.8) is 0 Å². The molecule has 0 aliphatic heterocycles. The van der Waals surface area contributed by atoms with E-state index in [4.69, 9.17) is 16.3 Å². The highest BCUT2D eigenvalue weighted by Gasteiger charge is 2.10. The molecule has 2 aromatic rings. The van der Waals surface area contributed by atoms with Gasteiger partial charge in [0, 0.05) is 6.54 Å². The van der Waals surface area contributed by atoms with Crippen LogP contribution in [0.25, 0.3) is 0 Å². The van der Waals surface area contributed by atoms with Crippen LogP contribution in [-0.4, -0.2) is 50.6 Å². The smallest absolute Gasteiger partial charge is 0.337 e. The molecule has 0 atom stereocenters. The first-order valence-corrected chi connectivity index (χ1v) is 8.41. The van der Waals surface area contributed by atoms with E-state index in [1.807, 2.05) is 18.0 Å². The maximum absolute atomic E-state index is 12.1. The van der Waals surface area contributed by atoms with Gasteiger partial charge in [-0.25, -0.2) is 4.79 Å². The molecule has 0 aliphatic rings. The fourth-order valence-corrected chi connectivity index (χ4v) is 2.41. The second-order valence-corrected chi connectivity index (χ2v) is 6.04. The molecule has 0 bridgehead atoms. The average molecular weight is 377 g/mol. The molecule has 0 unspecified atom stereocenters. The number of halogens is 1. The lowest BCUT2D eigenvalue weighted by Gasteiger charge is -2.17. The van der Waals surface area contributed by atoms with Crippen LogP contribution in [0.4, 0.5) is 5.69 Å². The summed E-state index contributed by atoms with van der Waals surface area (Å²) in [6.07, 6.45) is 0. The van der Waals surface area contributed by atoms with Crippen molar-refractivity contribution >= 4 is 29.2 Å². The molecule has 6 nitrogen and oxygen atoms in total. The lowest BCUT2D eigenvalue weighted by atomic mass is 10.2. The van der Waals surface area contributed by atoms with E-state index in [0.29, 0.717) is 35.2 Å². The molecule has 0 radical (unpaired) electrons. The summed E-state index contributed by atoms with van der Waals surface area (Å²) in [4.78, 5) is 25.4. The zero-order chi connectivity index (χ0) is 18.9. The molecular formula is C19H21ClN2O4. The third kappa shape index (κ3) is 6.06. The van der Waals surface area contributed by atoms with Gasteiger partial charge >= 0.3 is 5.97 Å². The van der Waals surface area contributed by atoms with Gasteiger partial charge in [0.25, 0.3) is 0 Å². The lowest BCUT2D eigenvalue weighted by molar-refractivity contribution is -0.117. The van der Waals surface area contributed by atoms with E-state index >= 15 is 0 Å². The van der Waals surface area contributed by atoms with Gasteiger partial charge in [-0.3, -0.25) is 9.69 Å². The normalized spacial score (nSPS) is 10.5. The van der Waals surface area contributed by atoms with E-state index in [9.17, 15) is 9.59 Å². The number of methoxy groups -OCH3 is 1. The molecular weight excluding hydrogens is 356 g/mol. The monoisotopic (exact) mass is 376 g/mol. The molecule has 1 N–H and O–H groups in total. The number of hydrogen-bond acceptors (Lipinski definition) is 5. The second-order valence-electron chi connectivity index (χ2n) is 5.63. The first kappa shape index (κ1) is 19.8. The van der Waals surface area contributed by atoms with Crippen molar-refractivity contribution in [3.05, 3.63) is 59.1 Å². The van der Waals surface area contributed by atoms with Crippen LogP contribution in [0.3, 0.4) is 0 Å². The molecule has 0 saturated heterocycles. The predicted octanol–water partition coefficient (Wildman–Crippen LogP) is 3.08. The van der Waals surface area contributed by atoms with E-state index in [2.05, 4.69) is 10.1 Å². The van der Waals surface area contributed by atoms with Crippen molar-refractivity contribution in [1.29, 1.82) is 0 Å². The number of nitrogens with one attached hydrogen (secondary N) is 1. The number of likely N-dealkylation sites (N-methyl/N-ethyl adjacent to an activating group) is 1. The number of esters is 1. The van der Waals surface area contributed by atoms with Crippen LogP contribution in [-0.2, 0) is 9.53 Å². The van der Waals surface area contributed by atoms with Gasteiger partial charge in [0.05, 0.1) is 29.9 Å². The minimum atomic E-state index is -0.413. The second kappa shape index (κ2) is 9.79. The number of carbonyl (C=O) groups is 2. The van der Waals surface area contributed by atoms with Crippen molar-refractivity contribution in [2.45, 2.75) is 0 Å². The van der Waals surface area contributed by atoms with Gasteiger partial charge in [-0.15, -0.1) is 0 Å². The summed E-state index contributed by atoms with van der Waals surface area (Å²) >= 11 is 6.02. The molecule has 26 heavy (non-hydrogen) atoms. The fourth-order valence-electron chi connectivity index (χ4n) is 2.23. The maximum Gasteiger partial charge on any atom is 0.337 e. The summed E-state index contributed by atoms with van der Waals surface area (Å²) in [7, 11) is 3.15. The van der Waals surface area contributed by atoms with E-state index in [-0.39, 0.29) is 12.5 Å². The van der Waals surface area contributed by atoms with Crippen LogP contribution in [0.2, 0.25) is 5.02 Å². The van der Waals surface area contributed by atoms with Gasteiger partial charge < -0.3 is 14.8 Å². The fraction of sp³-hybridized carbons (Fsp3) is 0.263. The predicted molar refractivity (Wildman–Crippen MR) is 101 cm³/mol. The van der Waals surface area contributed by atoms with Crippen molar-refractivity contribution in [1.82, 2.24) is 4.90 Å². The average Bonchev–Trinajstić information content (AvgIpc) is 2.63. The molecule has 0 fully saturated rings. The molecule has 0 aromatic heterocycles. The number of amides is 1. The van der Waals surface area contributed by atoms with Crippen LogP contribution < -0.4 is 10.1 Å². The summed E-state index contributed by atoms with van der Waals surface area (Å²) in [5.74, 6) is -0.00100. The van der Waals surface area contributed by atoms with Crippen LogP contribution in [0.1, 0.15) is 10.4 Å². The number of nitrogens with zero attached hydrogens (tertiary/aromatic N) is 1. The zero-order valence-electron chi connectivity index (χ0n) is 14.7. The Morgan fingerprint density at radius 1 is 1.15 bits per heavy atom. The highest BCUT2D eigenvalue weighted by molar-refractivity contribution is 6.33. The highest BCUT2D eigenvalue weighted by atomic mass is 35.5. The van der Waals surface area contributed by atoms with Gasteiger partial charge in [-0.1, -0.05) is 29.8 Å². The van der Waals surface area contributed by atoms with Crippen molar-refractivity contribution in [2.75, 3.05) is 39.2 Å². The van der Waals surface area contributed by atoms with Crippen LogP contribution >= 0.6 is 11.6 Å². The molecule has 2 aromatic carbocycles. The molecule has 2 rings (SSSR count). The maximum atomic E-state index is 12.1. The third-order valence-corrected chi connectivity index (χ3v) is 3.89. The number of hydrogen-bond donors (Lipinski definition) is 1. The molecule has 1 amide bonds. The Kier molecular flexibility index (Phi) is 7.44. The van der Waals surface area contributed by atoms with E-state index in [1.165, 1.54) is 7.11 Å². The Balaban J connectivity index is 1.76. The molecule has 0 heterocycles. The Labute approximate surface area is 157 Å². The van der Waals surface area contributed by atoms with Crippen molar-refractivity contribution in [3.8, 4) is 5.75 Å². The molecule has 138 valence electrons. The highest BCUT2D eigenvalue weighted by Crippen LogP contribution is 2.20. The standard InChI is InChI=1S/C19H21ClN2O4/c1-22(13-18(23)21-17-9-4-3-8-16(17)20)10-11-26-15-7-5-6-14(12-15)19(24)25-2/h3-9,12H,10-11,13H2,1-2H3,(H,21,23). The summed E-state index contributed by atoms with van der Waals surface area (Å²) in [6, 6.07) is 13.8. The molecule has 7 heteroatoms. The minimum Gasteiger partial charge on any atom is -0.492 e. The summed E-state index contributed by atoms with van der Waals surface area (Å²) in [5, 5.41) is 3.27. The van der Waals surface area contributed by atoms with Gasteiger partial charge in [0.15, 0.2) is 0 Å². The number of carbonyl (C=O) groups excluding carboxylic acids is 2. The van der Waals surface area contributed by atoms with E-state index in [1.54, 1.807) is 42.5 Å². The van der Waals surface area contributed by atoms with Crippen LogP contribution in [0, 0.1) is 0 Å². The van der Waals surface area contributed by atoms with Gasteiger partial charge in [0.1, 0.15) is 12.4 Å². The van der Waals surface area contributed by atoms with Gasteiger partial charge in [-0.05, 0) is 37.4 Å². The lowest BCUT2D eigenvalue weighted by Crippen LogP contribution is -2.33.